The lowest BCUT2D eigenvalue weighted by Crippen LogP contribution is -2.36. The lowest BCUT2D eigenvalue weighted by atomic mass is 10.1. The molecule has 0 aliphatic carbocycles. The molecule has 1 aliphatic rings. The number of nitrogen functional groups attached to an aromatic ring is 1. The predicted molar refractivity (Wildman–Crippen MR) is 78.8 cm³/mol. The van der Waals surface area contributed by atoms with Gasteiger partial charge in [-0.25, -0.2) is 0 Å². The van der Waals surface area contributed by atoms with Gasteiger partial charge in [-0.1, -0.05) is 25.1 Å². The number of para-hydroxylation sites is 1. The van der Waals surface area contributed by atoms with Crippen LogP contribution in [0.4, 0.5) is 11.4 Å². The summed E-state index contributed by atoms with van der Waals surface area (Å²) in [5.74, 6) is -0.129. The van der Waals surface area contributed by atoms with Crippen LogP contribution in [0.2, 0.25) is 0 Å². The maximum Gasteiger partial charge on any atom is 0.281 e. The maximum atomic E-state index is 12.7. The zero-order chi connectivity index (χ0) is 14.3. The SMILES string of the molecule is CCc1[nH]nc(C(=O)N2c3ccccc3CC2C)c1N. The Morgan fingerprint density at radius 1 is 1.50 bits per heavy atom. The number of aromatic nitrogens is 2. The Morgan fingerprint density at radius 3 is 2.95 bits per heavy atom. The van der Waals surface area contributed by atoms with Gasteiger partial charge in [-0.05, 0) is 31.4 Å². The molecule has 1 aromatic heterocycles. The number of hydrogen-bond donors (Lipinski definition) is 2. The number of hydrogen-bond acceptors (Lipinski definition) is 3. The van der Waals surface area contributed by atoms with Crippen molar-refractivity contribution >= 4 is 17.3 Å². The fraction of sp³-hybridized carbons (Fsp3) is 0.333. The van der Waals surface area contributed by atoms with Gasteiger partial charge in [0.25, 0.3) is 5.91 Å². The third kappa shape index (κ3) is 1.78. The third-order valence-corrected chi connectivity index (χ3v) is 3.87. The number of nitrogens with zero attached hydrogens (tertiary/aromatic N) is 2. The number of rotatable bonds is 2. The molecule has 1 aliphatic heterocycles. The average Bonchev–Trinajstić information content (AvgIpc) is 2.97. The molecule has 5 nitrogen and oxygen atoms in total. The largest absolute Gasteiger partial charge is 0.395 e. The second-order valence-electron chi connectivity index (χ2n) is 5.18. The summed E-state index contributed by atoms with van der Waals surface area (Å²) in [5.41, 5.74) is 9.77. The molecule has 1 aromatic carbocycles. The molecule has 3 N–H and O–H groups in total. The van der Waals surface area contributed by atoms with E-state index in [1.165, 1.54) is 5.56 Å². The van der Waals surface area contributed by atoms with Gasteiger partial charge in [-0.3, -0.25) is 9.89 Å². The second-order valence-corrected chi connectivity index (χ2v) is 5.18. The molecule has 20 heavy (non-hydrogen) atoms. The van der Waals surface area contributed by atoms with E-state index in [-0.39, 0.29) is 11.9 Å². The van der Waals surface area contributed by atoms with Crippen LogP contribution < -0.4 is 10.6 Å². The molecule has 3 rings (SSSR count). The van der Waals surface area contributed by atoms with Crippen LogP contribution in [0.25, 0.3) is 0 Å². The summed E-state index contributed by atoms with van der Waals surface area (Å²) in [4.78, 5) is 14.5. The van der Waals surface area contributed by atoms with Crippen LogP contribution >= 0.6 is 0 Å². The topological polar surface area (TPSA) is 75.0 Å². The summed E-state index contributed by atoms with van der Waals surface area (Å²) in [7, 11) is 0. The van der Waals surface area contributed by atoms with Crippen molar-refractivity contribution in [2.45, 2.75) is 32.7 Å². The first kappa shape index (κ1) is 12.7. The van der Waals surface area contributed by atoms with Gasteiger partial charge in [-0.15, -0.1) is 0 Å². The standard InChI is InChI=1S/C15H18N4O/c1-3-11-13(16)14(18-17-11)15(20)19-9(2)8-10-6-4-5-7-12(10)19/h4-7,9H,3,8,16H2,1-2H3,(H,17,18). The van der Waals surface area contributed by atoms with E-state index in [1.807, 2.05) is 32.0 Å². The first-order valence-corrected chi connectivity index (χ1v) is 6.87. The predicted octanol–water partition coefficient (Wildman–Crippen LogP) is 2.15. The van der Waals surface area contributed by atoms with Crippen LogP contribution in [0.1, 0.15) is 35.6 Å². The molecular formula is C15H18N4O. The number of H-pyrrole nitrogens is 1. The van der Waals surface area contributed by atoms with Crippen molar-refractivity contribution in [2.75, 3.05) is 10.6 Å². The third-order valence-electron chi connectivity index (χ3n) is 3.87. The minimum Gasteiger partial charge on any atom is -0.395 e. The van der Waals surface area contributed by atoms with Gasteiger partial charge in [0.15, 0.2) is 5.69 Å². The monoisotopic (exact) mass is 270 g/mol. The fourth-order valence-electron chi connectivity index (χ4n) is 2.81. The van der Waals surface area contributed by atoms with E-state index in [9.17, 15) is 4.79 Å². The maximum absolute atomic E-state index is 12.7. The van der Waals surface area contributed by atoms with E-state index in [1.54, 1.807) is 4.90 Å². The Bertz CT molecular complexity index is 662. The van der Waals surface area contributed by atoms with Gasteiger partial charge in [0.1, 0.15) is 0 Å². The van der Waals surface area contributed by atoms with E-state index in [4.69, 9.17) is 5.73 Å². The van der Waals surface area contributed by atoms with Gasteiger partial charge < -0.3 is 10.6 Å². The molecule has 0 saturated carbocycles. The first-order valence-electron chi connectivity index (χ1n) is 6.87. The minimum atomic E-state index is -0.129. The van der Waals surface area contributed by atoms with Gasteiger partial charge in [-0.2, -0.15) is 5.10 Å². The molecule has 0 bridgehead atoms. The Kier molecular flexibility index (Phi) is 2.97. The first-order chi connectivity index (χ1) is 9.63. The van der Waals surface area contributed by atoms with Crippen molar-refractivity contribution in [3.8, 4) is 0 Å². The van der Waals surface area contributed by atoms with E-state index < -0.39 is 0 Å². The molecule has 2 heterocycles. The highest BCUT2D eigenvalue weighted by molar-refractivity contribution is 6.09. The summed E-state index contributed by atoms with van der Waals surface area (Å²) in [6.45, 7) is 4.02. The van der Waals surface area contributed by atoms with Crippen LogP contribution in [-0.2, 0) is 12.8 Å². The minimum absolute atomic E-state index is 0.126. The van der Waals surface area contributed by atoms with Gasteiger partial charge in [0.2, 0.25) is 0 Å². The van der Waals surface area contributed by atoms with Crippen LogP contribution in [0.5, 0.6) is 0 Å². The smallest absolute Gasteiger partial charge is 0.281 e. The van der Waals surface area contributed by atoms with Crippen molar-refractivity contribution in [3.05, 3.63) is 41.2 Å². The molecule has 0 saturated heterocycles. The highest BCUT2D eigenvalue weighted by Gasteiger charge is 2.33. The van der Waals surface area contributed by atoms with Crippen molar-refractivity contribution < 1.29 is 4.79 Å². The fourth-order valence-corrected chi connectivity index (χ4v) is 2.81. The quantitative estimate of drug-likeness (QED) is 0.878. The van der Waals surface area contributed by atoms with Gasteiger partial charge in [0.05, 0.1) is 11.4 Å². The van der Waals surface area contributed by atoms with Gasteiger partial charge in [0, 0.05) is 11.7 Å². The molecule has 1 amide bonds. The highest BCUT2D eigenvalue weighted by Crippen LogP contribution is 2.33. The summed E-state index contributed by atoms with van der Waals surface area (Å²) >= 11 is 0. The molecule has 0 fully saturated rings. The van der Waals surface area contributed by atoms with Crippen LogP contribution in [0, 0.1) is 0 Å². The van der Waals surface area contributed by atoms with Gasteiger partial charge >= 0.3 is 0 Å². The average molecular weight is 270 g/mol. The molecule has 5 heteroatoms. The highest BCUT2D eigenvalue weighted by atomic mass is 16.2. The molecule has 2 aromatic rings. The Morgan fingerprint density at radius 2 is 2.25 bits per heavy atom. The van der Waals surface area contributed by atoms with Crippen LogP contribution in [-0.4, -0.2) is 22.1 Å². The lowest BCUT2D eigenvalue weighted by Gasteiger charge is -2.21. The molecule has 0 radical (unpaired) electrons. The molecule has 1 unspecified atom stereocenters. The Hall–Kier alpha value is -2.30. The molecule has 0 spiro atoms. The van der Waals surface area contributed by atoms with Crippen LogP contribution in [0.15, 0.2) is 24.3 Å². The van der Waals surface area contributed by atoms with E-state index in [0.717, 1.165) is 24.2 Å². The number of aromatic amines is 1. The van der Waals surface area contributed by atoms with Crippen molar-refractivity contribution in [1.29, 1.82) is 0 Å². The summed E-state index contributed by atoms with van der Waals surface area (Å²) < 4.78 is 0. The van der Waals surface area contributed by atoms with E-state index in [2.05, 4.69) is 16.3 Å². The summed E-state index contributed by atoms with van der Waals surface area (Å²) in [6.07, 6.45) is 1.60. The number of carbonyl (C=O) groups is 1. The summed E-state index contributed by atoms with van der Waals surface area (Å²) in [6, 6.07) is 8.10. The number of fused-ring (bicyclic) bond motifs is 1. The normalized spacial score (nSPS) is 17.3. The molecular weight excluding hydrogens is 252 g/mol. The molecule has 1 atom stereocenters. The van der Waals surface area contributed by atoms with E-state index in [0.29, 0.717) is 11.4 Å². The number of amides is 1. The second kappa shape index (κ2) is 4.67. The number of carbonyl (C=O) groups excluding carboxylic acids is 1. The Balaban J connectivity index is 2.00. The van der Waals surface area contributed by atoms with Crippen molar-refractivity contribution in [1.82, 2.24) is 10.2 Å². The zero-order valence-corrected chi connectivity index (χ0v) is 11.7. The molecule has 104 valence electrons. The number of nitrogens with two attached hydrogens (primary N) is 1. The number of nitrogens with one attached hydrogen (secondary N) is 1. The van der Waals surface area contributed by atoms with E-state index >= 15 is 0 Å². The number of anilines is 2. The number of benzene rings is 1. The Labute approximate surface area is 117 Å². The zero-order valence-electron chi connectivity index (χ0n) is 11.7. The van der Waals surface area contributed by atoms with Crippen molar-refractivity contribution in [3.63, 3.8) is 0 Å². The van der Waals surface area contributed by atoms with Crippen LogP contribution in [0.3, 0.4) is 0 Å². The number of aryl methyl sites for hydroxylation is 1. The lowest BCUT2D eigenvalue weighted by molar-refractivity contribution is 0.0977. The summed E-state index contributed by atoms with van der Waals surface area (Å²) in [5, 5.41) is 6.94. The van der Waals surface area contributed by atoms with Crippen molar-refractivity contribution in [2.24, 2.45) is 0 Å².